The molecule has 0 aliphatic carbocycles. The van der Waals surface area contributed by atoms with Crippen LogP contribution in [0.1, 0.15) is 40.0 Å². The normalized spacial score (nSPS) is 23.6. The van der Waals surface area contributed by atoms with Gasteiger partial charge in [-0.2, -0.15) is 11.8 Å². The second-order valence-corrected chi connectivity index (χ2v) is 6.40. The molecule has 0 spiro atoms. The topological polar surface area (TPSA) is 41.1 Å². The molecule has 0 aromatic carbocycles. The maximum absolute atomic E-state index is 11.7. The van der Waals surface area contributed by atoms with Gasteiger partial charge in [0.25, 0.3) is 0 Å². The van der Waals surface area contributed by atoms with E-state index in [1.807, 2.05) is 0 Å². The zero-order valence-corrected chi connectivity index (χ0v) is 13.3. The van der Waals surface area contributed by atoms with Gasteiger partial charge in [-0.1, -0.05) is 13.8 Å². The van der Waals surface area contributed by atoms with Crippen LogP contribution < -0.4 is 10.6 Å². The van der Waals surface area contributed by atoms with Crippen LogP contribution in [0.4, 0.5) is 0 Å². The van der Waals surface area contributed by atoms with Crippen molar-refractivity contribution < 1.29 is 4.79 Å². The second kappa shape index (κ2) is 9.93. The van der Waals surface area contributed by atoms with E-state index in [2.05, 4.69) is 31.4 Å². The lowest BCUT2D eigenvalue weighted by Crippen LogP contribution is -2.52. The Morgan fingerprint density at radius 1 is 1.50 bits per heavy atom. The minimum Gasteiger partial charge on any atom is -0.351 e. The first-order valence-electron chi connectivity index (χ1n) is 6.70. The van der Waals surface area contributed by atoms with E-state index in [4.69, 9.17) is 0 Å². The van der Waals surface area contributed by atoms with Crippen LogP contribution >= 0.6 is 24.2 Å². The zero-order chi connectivity index (χ0) is 12.7. The van der Waals surface area contributed by atoms with Gasteiger partial charge in [0.1, 0.15) is 0 Å². The minimum absolute atomic E-state index is 0. The summed E-state index contributed by atoms with van der Waals surface area (Å²) in [6, 6.07) is 0.732. The molecule has 2 unspecified atom stereocenters. The number of carbonyl (C=O) groups is 1. The molecule has 5 heteroatoms. The molecule has 0 bridgehead atoms. The molecule has 1 saturated heterocycles. The number of amides is 1. The van der Waals surface area contributed by atoms with Gasteiger partial charge >= 0.3 is 0 Å². The molecule has 108 valence electrons. The standard InChI is InChI=1S/C13H26N2OS.ClH/c1-10(2)6-8-17-9-13(16)15-12-5-4-7-14-11(12)3;/h10-12,14H,4-9H2,1-3H3,(H,15,16);1H. The van der Waals surface area contributed by atoms with E-state index >= 15 is 0 Å². The van der Waals surface area contributed by atoms with Crippen molar-refractivity contribution in [1.82, 2.24) is 10.6 Å². The van der Waals surface area contributed by atoms with Gasteiger partial charge in [-0.25, -0.2) is 0 Å². The van der Waals surface area contributed by atoms with Crippen LogP contribution in [-0.2, 0) is 4.79 Å². The summed E-state index contributed by atoms with van der Waals surface area (Å²) in [4.78, 5) is 11.7. The highest BCUT2D eigenvalue weighted by atomic mass is 35.5. The summed E-state index contributed by atoms with van der Waals surface area (Å²) < 4.78 is 0. The lowest BCUT2D eigenvalue weighted by atomic mass is 10.00. The second-order valence-electron chi connectivity index (χ2n) is 5.29. The molecule has 0 saturated carbocycles. The highest BCUT2D eigenvalue weighted by Crippen LogP contribution is 2.10. The first kappa shape index (κ1) is 18.1. The number of carbonyl (C=O) groups excluding carboxylic acids is 1. The monoisotopic (exact) mass is 294 g/mol. The lowest BCUT2D eigenvalue weighted by molar-refractivity contribution is -0.119. The summed E-state index contributed by atoms with van der Waals surface area (Å²) in [5, 5.41) is 6.53. The third-order valence-corrected chi connectivity index (χ3v) is 4.17. The van der Waals surface area contributed by atoms with Crippen LogP contribution in [-0.4, -0.2) is 36.0 Å². The Morgan fingerprint density at radius 3 is 2.83 bits per heavy atom. The number of nitrogens with one attached hydrogen (secondary N) is 2. The van der Waals surface area contributed by atoms with Crippen LogP contribution in [0.2, 0.25) is 0 Å². The summed E-state index contributed by atoms with van der Waals surface area (Å²) in [5.74, 6) is 2.62. The predicted octanol–water partition coefficient (Wildman–Crippen LogP) is 2.44. The summed E-state index contributed by atoms with van der Waals surface area (Å²) in [5.41, 5.74) is 0. The maximum Gasteiger partial charge on any atom is 0.230 e. The van der Waals surface area contributed by atoms with E-state index < -0.39 is 0 Å². The predicted molar refractivity (Wildman–Crippen MR) is 82.7 cm³/mol. The van der Waals surface area contributed by atoms with Crippen molar-refractivity contribution in [2.45, 2.75) is 52.1 Å². The summed E-state index contributed by atoms with van der Waals surface area (Å²) in [7, 11) is 0. The maximum atomic E-state index is 11.7. The average molecular weight is 295 g/mol. The van der Waals surface area contributed by atoms with Gasteiger partial charge < -0.3 is 10.6 Å². The van der Waals surface area contributed by atoms with Crippen molar-refractivity contribution in [3.05, 3.63) is 0 Å². The molecule has 1 fully saturated rings. The quantitative estimate of drug-likeness (QED) is 0.740. The molecule has 1 heterocycles. The SMILES string of the molecule is CC(C)CCSCC(=O)NC1CCCNC1C.Cl. The Bertz CT molecular complexity index is 239. The van der Waals surface area contributed by atoms with Gasteiger partial charge in [0.05, 0.1) is 5.75 Å². The van der Waals surface area contributed by atoms with E-state index in [9.17, 15) is 4.79 Å². The Balaban J connectivity index is 0.00000289. The highest BCUT2D eigenvalue weighted by molar-refractivity contribution is 7.99. The average Bonchev–Trinajstić information content (AvgIpc) is 2.27. The zero-order valence-electron chi connectivity index (χ0n) is 11.7. The first-order valence-corrected chi connectivity index (χ1v) is 7.85. The molecule has 0 radical (unpaired) electrons. The summed E-state index contributed by atoms with van der Waals surface area (Å²) in [6.45, 7) is 7.67. The van der Waals surface area contributed by atoms with E-state index in [0.717, 1.165) is 31.1 Å². The van der Waals surface area contributed by atoms with Crippen molar-refractivity contribution in [2.75, 3.05) is 18.1 Å². The van der Waals surface area contributed by atoms with Crippen LogP contribution in [0, 0.1) is 5.92 Å². The fourth-order valence-corrected chi connectivity index (χ4v) is 3.02. The molecule has 1 aliphatic heterocycles. The van der Waals surface area contributed by atoms with Crippen molar-refractivity contribution in [1.29, 1.82) is 0 Å². The Labute approximate surface area is 122 Å². The van der Waals surface area contributed by atoms with E-state index in [-0.39, 0.29) is 18.3 Å². The van der Waals surface area contributed by atoms with E-state index in [1.165, 1.54) is 6.42 Å². The number of rotatable bonds is 6. The van der Waals surface area contributed by atoms with Crippen molar-refractivity contribution in [2.24, 2.45) is 5.92 Å². The van der Waals surface area contributed by atoms with Gasteiger partial charge in [-0.3, -0.25) is 4.79 Å². The van der Waals surface area contributed by atoms with Crippen LogP contribution in [0.5, 0.6) is 0 Å². The number of hydrogen-bond acceptors (Lipinski definition) is 3. The van der Waals surface area contributed by atoms with Gasteiger partial charge in [-0.05, 0) is 44.4 Å². The largest absolute Gasteiger partial charge is 0.351 e. The van der Waals surface area contributed by atoms with Crippen molar-refractivity contribution in [3.8, 4) is 0 Å². The Kier molecular flexibility index (Phi) is 9.97. The van der Waals surface area contributed by atoms with Gasteiger partial charge in [-0.15, -0.1) is 12.4 Å². The smallest absolute Gasteiger partial charge is 0.230 e. The first-order chi connectivity index (χ1) is 8.09. The molecular formula is C13H27ClN2OS. The van der Waals surface area contributed by atoms with Crippen LogP contribution in [0.25, 0.3) is 0 Å². The lowest BCUT2D eigenvalue weighted by Gasteiger charge is -2.30. The summed E-state index contributed by atoms with van der Waals surface area (Å²) >= 11 is 1.75. The highest BCUT2D eigenvalue weighted by Gasteiger charge is 2.21. The molecule has 18 heavy (non-hydrogen) atoms. The number of piperidine rings is 1. The number of thioether (sulfide) groups is 1. The van der Waals surface area contributed by atoms with E-state index in [1.54, 1.807) is 11.8 Å². The molecule has 0 aromatic heterocycles. The molecule has 2 N–H and O–H groups in total. The van der Waals surface area contributed by atoms with Crippen LogP contribution in [0.15, 0.2) is 0 Å². The van der Waals surface area contributed by atoms with Gasteiger partial charge in [0.2, 0.25) is 5.91 Å². The fourth-order valence-electron chi connectivity index (χ4n) is 1.97. The van der Waals surface area contributed by atoms with Crippen molar-refractivity contribution in [3.63, 3.8) is 0 Å². The van der Waals surface area contributed by atoms with Gasteiger partial charge in [0.15, 0.2) is 0 Å². The molecule has 3 nitrogen and oxygen atoms in total. The molecule has 1 rings (SSSR count). The molecule has 1 aliphatic rings. The third-order valence-electron chi connectivity index (χ3n) is 3.18. The van der Waals surface area contributed by atoms with Crippen molar-refractivity contribution >= 4 is 30.1 Å². The fraction of sp³-hybridized carbons (Fsp3) is 0.923. The number of halogens is 1. The Hall–Kier alpha value is 0.0700. The van der Waals surface area contributed by atoms with Crippen LogP contribution in [0.3, 0.4) is 0 Å². The number of hydrogen-bond donors (Lipinski definition) is 2. The third kappa shape index (κ3) is 7.49. The summed E-state index contributed by atoms with van der Waals surface area (Å²) in [6.07, 6.45) is 3.46. The van der Waals surface area contributed by atoms with E-state index in [0.29, 0.717) is 17.8 Å². The Morgan fingerprint density at radius 2 is 2.22 bits per heavy atom. The minimum atomic E-state index is 0. The molecule has 0 aromatic rings. The molecule has 1 amide bonds. The molecular weight excluding hydrogens is 268 g/mol. The molecule has 2 atom stereocenters. The van der Waals surface area contributed by atoms with Gasteiger partial charge in [0, 0.05) is 12.1 Å².